The van der Waals surface area contributed by atoms with Gasteiger partial charge in [-0.15, -0.1) is 0 Å². The maximum atomic E-state index is 13.3. The molecule has 0 bridgehead atoms. The number of nitrogens with zero attached hydrogens (tertiary/aromatic N) is 2. The molecule has 4 rings (SSSR count). The van der Waals surface area contributed by atoms with Crippen LogP contribution in [0.4, 0.5) is 4.79 Å². The molecule has 1 atom stereocenters. The van der Waals surface area contributed by atoms with Crippen molar-refractivity contribution in [1.82, 2.24) is 9.88 Å². The van der Waals surface area contributed by atoms with Gasteiger partial charge in [-0.3, -0.25) is 9.78 Å². The number of carbonyl (C=O) groups excluding carboxylic acids is 2. The zero-order chi connectivity index (χ0) is 27.4. The van der Waals surface area contributed by atoms with Gasteiger partial charge in [0.2, 0.25) is 0 Å². The Kier molecular flexibility index (Phi) is 8.57. The van der Waals surface area contributed by atoms with Gasteiger partial charge in [-0.2, -0.15) is 0 Å². The molecule has 1 saturated heterocycles. The topological polar surface area (TPSA) is 59.5 Å². The number of Topliss-reactive ketones (excluding diaryl/α,β-unsaturated/α-hetero) is 1. The van der Waals surface area contributed by atoms with E-state index in [1.54, 1.807) is 12.3 Å². The van der Waals surface area contributed by atoms with Crippen LogP contribution < -0.4 is 0 Å². The van der Waals surface area contributed by atoms with Crippen molar-refractivity contribution in [2.45, 2.75) is 71.3 Å². The molecule has 1 unspecified atom stereocenters. The Hall–Kier alpha value is -3.18. The maximum Gasteiger partial charge on any atom is 0.410 e. The molecule has 3 aromatic rings. The number of likely N-dealkylation sites (tertiary alicyclic amines) is 1. The van der Waals surface area contributed by atoms with Crippen molar-refractivity contribution in [2.75, 3.05) is 13.1 Å². The quantitative estimate of drug-likeness (QED) is 0.303. The van der Waals surface area contributed by atoms with Crippen LogP contribution in [0.15, 0.2) is 60.8 Å². The van der Waals surface area contributed by atoms with E-state index in [2.05, 4.69) is 29.2 Å². The van der Waals surface area contributed by atoms with Crippen molar-refractivity contribution in [3.8, 4) is 0 Å². The van der Waals surface area contributed by atoms with E-state index in [9.17, 15) is 9.59 Å². The van der Waals surface area contributed by atoms with Crippen LogP contribution in [0.3, 0.4) is 0 Å². The number of pyridine rings is 1. The SMILES string of the molecule is Cc1cc(C(=O)CC(c2ccc(C3CCN(C(=O)OC(C)(C)C)CC3)cc2)c2ccc(Cl)cc2C)ccn1. The van der Waals surface area contributed by atoms with E-state index in [0.717, 1.165) is 35.2 Å². The van der Waals surface area contributed by atoms with E-state index in [1.807, 2.05) is 63.8 Å². The number of amides is 1. The molecule has 1 amide bonds. The summed E-state index contributed by atoms with van der Waals surface area (Å²) in [5.41, 5.74) is 5.57. The summed E-state index contributed by atoms with van der Waals surface area (Å²) in [7, 11) is 0. The van der Waals surface area contributed by atoms with Gasteiger partial charge in [-0.1, -0.05) is 41.9 Å². The second-order valence-electron chi connectivity index (χ2n) is 11.3. The van der Waals surface area contributed by atoms with Crippen LogP contribution in [0.5, 0.6) is 0 Å². The molecule has 38 heavy (non-hydrogen) atoms. The lowest BCUT2D eigenvalue weighted by atomic mass is 9.82. The summed E-state index contributed by atoms with van der Waals surface area (Å²) < 4.78 is 5.54. The molecule has 6 heteroatoms. The van der Waals surface area contributed by atoms with Crippen LogP contribution in [0.1, 0.15) is 90.2 Å². The van der Waals surface area contributed by atoms with E-state index >= 15 is 0 Å². The summed E-state index contributed by atoms with van der Waals surface area (Å²) in [5, 5.41) is 0.689. The van der Waals surface area contributed by atoms with E-state index < -0.39 is 5.60 Å². The first kappa shape index (κ1) is 27.8. The zero-order valence-corrected chi connectivity index (χ0v) is 23.7. The molecule has 0 saturated carbocycles. The van der Waals surface area contributed by atoms with Gasteiger partial charge in [0.25, 0.3) is 0 Å². The van der Waals surface area contributed by atoms with Crippen LogP contribution in [0, 0.1) is 13.8 Å². The standard InChI is InChI=1S/C32H37ClN2O3/c1-21-18-27(33)10-11-28(21)29(20-30(36)26-12-15-34-22(2)19-26)25-8-6-23(7-9-25)24-13-16-35(17-14-24)31(37)38-32(3,4)5/h6-12,15,18-19,24,29H,13-14,16-17,20H2,1-5H3. The predicted molar refractivity (Wildman–Crippen MR) is 152 cm³/mol. The van der Waals surface area contributed by atoms with Crippen molar-refractivity contribution in [3.05, 3.63) is 99.3 Å². The third-order valence-corrected chi connectivity index (χ3v) is 7.41. The molecule has 200 valence electrons. The molecule has 0 aliphatic carbocycles. The number of piperidine rings is 1. The molecule has 0 radical (unpaired) electrons. The van der Waals surface area contributed by atoms with Crippen molar-refractivity contribution in [1.29, 1.82) is 0 Å². The number of ketones is 1. The molecule has 1 aromatic heterocycles. The lowest BCUT2D eigenvalue weighted by molar-refractivity contribution is 0.0204. The predicted octanol–water partition coefficient (Wildman–Crippen LogP) is 7.87. The average molecular weight is 533 g/mol. The van der Waals surface area contributed by atoms with Gasteiger partial charge < -0.3 is 9.64 Å². The Bertz CT molecular complexity index is 1290. The summed E-state index contributed by atoms with van der Waals surface area (Å²) in [4.78, 5) is 31.8. The molecule has 1 aliphatic rings. The lowest BCUT2D eigenvalue weighted by Crippen LogP contribution is -2.41. The molecule has 2 heterocycles. The summed E-state index contributed by atoms with van der Waals surface area (Å²) in [6, 6.07) is 18.2. The third-order valence-electron chi connectivity index (χ3n) is 7.17. The molecular weight excluding hydrogens is 496 g/mol. The average Bonchev–Trinajstić information content (AvgIpc) is 2.87. The first-order valence-electron chi connectivity index (χ1n) is 13.3. The molecular formula is C32H37ClN2O3. The highest BCUT2D eigenvalue weighted by atomic mass is 35.5. The molecule has 5 nitrogen and oxygen atoms in total. The summed E-state index contributed by atoms with van der Waals surface area (Å²) >= 11 is 6.25. The van der Waals surface area contributed by atoms with Gasteiger partial charge in [-0.05, 0) is 99.9 Å². The minimum Gasteiger partial charge on any atom is -0.444 e. The van der Waals surface area contributed by atoms with Crippen LogP contribution in [0.25, 0.3) is 0 Å². The van der Waals surface area contributed by atoms with Crippen molar-refractivity contribution in [3.63, 3.8) is 0 Å². The van der Waals surface area contributed by atoms with Crippen molar-refractivity contribution in [2.24, 2.45) is 0 Å². The van der Waals surface area contributed by atoms with Gasteiger partial charge in [0, 0.05) is 47.9 Å². The number of benzene rings is 2. The lowest BCUT2D eigenvalue weighted by Gasteiger charge is -2.33. The monoisotopic (exact) mass is 532 g/mol. The number of halogens is 1. The number of hydrogen-bond donors (Lipinski definition) is 0. The third kappa shape index (κ3) is 7.02. The van der Waals surface area contributed by atoms with Crippen LogP contribution in [0.2, 0.25) is 5.02 Å². The Morgan fingerprint density at radius 1 is 1.03 bits per heavy atom. The number of rotatable bonds is 6. The number of carbonyl (C=O) groups is 2. The molecule has 0 N–H and O–H groups in total. The van der Waals surface area contributed by atoms with Gasteiger partial charge >= 0.3 is 6.09 Å². The fraction of sp³-hybridized carbons (Fsp3) is 0.406. The van der Waals surface area contributed by atoms with Crippen molar-refractivity contribution < 1.29 is 14.3 Å². The van der Waals surface area contributed by atoms with Gasteiger partial charge in [0.05, 0.1) is 0 Å². The minimum atomic E-state index is -0.486. The molecule has 1 aliphatic heterocycles. The van der Waals surface area contributed by atoms with E-state index in [0.29, 0.717) is 36.0 Å². The highest BCUT2D eigenvalue weighted by Gasteiger charge is 2.28. The van der Waals surface area contributed by atoms with Crippen LogP contribution in [-0.2, 0) is 4.74 Å². The van der Waals surface area contributed by atoms with E-state index in [1.165, 1.54) is 5.56 Å². The Morgan fingerprint density at radius 2 is 1.71 bits per heavy atom. The Labute approximate surface area is 231 Å². The fourth-order valence-electron chi connectivity index (χ4n) is 5.18. The van der Waals surface area contributed by atoms with Crippen molar-refractivity contribution >= 4 is 23.5 Å². The Balaban J connectivity index is 1.52. The number of ether oxygens (including phenoxy) is 1. The first-order chi connectivity index (χ1) is 18.0. The number of hydrogen-bond acceptors (Lipinski definition) is 4. The molecule has 2 aromatic carbocycles. The normalized spacial score (nSPS) is 15.3. The van der Waals surface area contributed by atoms with Gasteiger partial charge in [0.15, 0.2) is 5.78 Å². The largest absolute Gasteiger partial charge is 0.444 e. The summed E-state index contributed by atoms with van der Waals surface area (Å²) in [5.74, 6) is 0.393. The second-order valence-corrected chi connectivity index (χ2v) is 11.7. The van der Waals surface area contributed by atoms with Crippen LogP contribution >= 0.6 is 11.6 Å². The van der Waals surface area contributed by atoms with Gasteiger partial charge in [-0.25, -0.2) is 4.79 Å². The fourth-order valence-corrected chi connectivity index (χ4v) is 5.41. The number of aryl methyl sites for hydroxylation is 2. The summed E-state index contributed by atoms with van der Waals surface area (Å²) in [6.45, 7) is 11.0. The second kappa shape index (κ2) is 11.7. The van der Waals surface area contributed by atoms with E-state index in [-0.39, 0.29) is 17.8 Å². The molecule has 1 fully saturated rings. The summed E-state index contributed by atoms with van der Waals surface area (Å²) in [6.07, 6.45) is 3.62. The highest BCUT2D eigenvalue weighted by molar-refractivity contribution is 6.30. The van der Waals surface area contributed by atoms with Gasteiger partial charge in [0.1, 0.15) is 5.60 Å². The smallest absolute Gasteiger partial charge is 0.410 e. The maximum absolute atomic E-state index is 13.3. The molecule has 0 spiro atoms. The minimum absolute atomic E-state index is 0.0868. The Morgan fingerprint density at radius 3 is 2.32 bits per heavy atom. The van der Waals surface area contributed by atoms with Crippen LogP contribution in [-0.4, -0.2) is 40.5 Å². The zero-order valence-electron chi connectivity index (χ0n) is 23.0. The number of aromatic nitrogens is 1. The first-order valence-corrected chi connectivity index (χ1v) is 13.7. The highest BCUT2D eigenvalue weighted by Crippen LogP contribution is 2.35. The van der Waals surface area contributed by atoms with E-state index in [4.69, 9.17) is 16.3 Å².